The van der Waals surface area contributed by atoms with Crippen LogP contribution in [0.25, 0.3) is 0 Å². The van der Waals surface area contributed by atoms with Crippen molar-refractivity contribution in [1.82, 2.24) is 0 Å². The van der Waals surface area contributed by atoms with E-state index in [1.165, 1.54) is 19.3 Å². The fraction of sp³-hybridized carbons (Fsp3) is 0.903. The lowest BCUT2D eigenvalue weighted by molar-refractivity contribution is -0.192. The Morgan fingerprint density at radius 3 is 1.71 bits per heavy atom. The first-order valence-electron chi connectivity index (χ1n) is 15.3. The Morgan fingerprint density at radius 2 is 1.29 bits per heavy atom. The molecule has 1 N–H and O–H groups in total. The molecule has 0 bridgehead atoms. The molecule has 1 aliphatic rings. The molecule has 10 heteroatoms. The first-order valence-corrected chi connectivity index (χ1v) is 24.0. The second-order valence-corrected chi connectivity index (χ2v) is 30.8. The van der Waals surface area contributed by atoms with Gasteiger partial charge in [-0.2, -0.15) is 0 Å². The number of methoxy groups -OCH3 is 1. The number of carbonyl (C=O) groups is 1. The Balaban J connectivity index is 3.55. The van der Waals surface area contributed by atoms with Gasteiger partial charge < -0.3 is 27.9 Å². The molecular formula is C31H64O7Si3. The number of hydrogen-bond acceptors (Lipinski definition) is 7. The van der Waals surface area contributed by atoms with Gasteiger partial charge in [-0.25, -0.2) is 4.79 Å². The number of carbonyl (C=O) groups excluding carboxylic acids is 1. The summed E-state index contributed by atoms with van der Waals surface area (Å²) in [5.41, 5.74) is 0. The first kappa shape index (κ1) is 38.7. The zero-order valence-electron chi connectivity index (χ0n) is 29.4. The van der Waals surface area contributed by atoms with E-state index >= 15 is 0 Å². The maximum Gasteiger partial charge on any atom is 0.330 e. The third-order valence-corrected chi connectivity index (χ3v) is 23.7. The minimum Gasteiger partial charge on any atom is -0.466 e. The molecule has 1 unspecified atom stereocenters. The predicted octanol–water partition coefficient (Wildman–Crippen LogP) is 7.67. The van der Waals surface area contributed by atoms with Crippen LogP contribution < -0.4 is 0 Å². The van der Waals surface area contributed by atoms with E-state index in [0.29, 0.717) is 13.0 Å². The Hall–Kier alpha value is -0.339. The molecule has 0 spiro atoms. The molecule has 0 aromatic rings. The van der Waals surface area contributed by atoms with E-state index in [1.807, 2.05) is 6.92 Å². The number of hydrogen-bond donors (Lipinski definition) is 1. The molecule has 0 saturated carbocycles. The number of ether oxygens (including phenoxy) is 2. The summed E-state index contributed by atoms with van der Waals surface area (Å²) in [5, 5.41) is 11.2. The lowest BCUT2D eigenvalue weighted by atomic mass is 9.87. The Bertz CT molecular complexity index is 882. The minimum atomic E-state index is -2.20. The van der Waals surface area contributed by atoms with Crippen LogP contribution in [0.1, 0.15) is 75.7 Å². The summed E-state index contributed by atoms with van der Waals surface area (Å²) in [4.78, 5) is 11.8. The quantitative estimate of drug-likeness (QED) is 0.142. The van der Waals surface area contributed by atoms with Gasteiger partial charge in [-0.05, 0) is 60.5 Å². The van der Waals surface area contributed by atoms with Crippen molar-refractivity contribution in [2.75, 3.05) is 13.7 Å². The summed E-state index contributed by atoms with van der Waals surface area (Å²) in [6.07, 6.45) is 1.33. The highest BCUT2D eigenvalue weighted by molar-refractivity contribution is 6.75. The molecule has 1 saturated heterocycles. The second-order valence-electron chi connectivity index (χ2n) is 16.5. The van der Waals surface area contributed by atoms with Crippen molar-refractivity contribution in [3.63, 3.8) is 0 Å². The van der Waals surface area contributed by atoms with Crippen LogP contribution in [0.3, 0.4) is 0 Å². The largest absolute Gasteiger partial charge is 0.466 e. The summed E-state index contributed by atoms with van der Waals surface area (Å²) in [6.45, 7) is 36.1. The number of aliphatic hydroxyl groups is 1. The molecule has 0 aliphatic carbocycles. The number of aliphatic hydroxyl groups excluding tert-OH is 1. The van der Waals surface area contributed by atoms with Crippen LogP contribution >= 0.6 is 0 Å². The first-order chi connectivity index (χ1) is 18.2. The van der Waals surface area contributed by atoms with Gasteiger partial charge in [0, 0.05) is 18.4 Å². The summed E-state index contributed by atoms with van der Waals surface area (Å²) < 4.78 is 32.5. The van der Waals surface area contributed by atoms with Crippen molar-refractivity contribution >= 4 is 30.9 Å². The second kappa shape index (κ2) is 13.7. The Morgan fingerprint density at radius 1 is 0.854 bits per heavy atom. The van der Waals surface area contributed by atoms with Crippen LogP contribution in [0.5, 0.6) is 0 Å². The van der Waals surface area contributed by atoms with Gasteiger partial charge in [0.1, 0.15) is 6.10 Å². The van der Waals surface area contributed by atoms with E-state index in [4.69, 9.17) is 22.8 Å². The highest BCUT2D eigenvalue weighted by atomic mass is 28.4. The molecule has 0 radical (unpaired) electrons. The van der Waals surface area contributed by atoms with Crippen molar-refractivity contribution in [3.05, 3.63) is 12.2 Å². The van der Waals surface area contributed by atoms with E-state index in [1.54, 1.807) is 0 Å². The van der Waals surface area contributed by atoms with E-state index in [0.717, 1.165) is 0 Å². The Kier molecular flexibility index (Phi) is 13.0. The Labute approximate surface area is 255 Å². The molecular weight excluding hydrogens is 569 g/mol. The maximum atomic E-state index is 11.8. The van der Waals surface area contributed by atoms with Crippen LogP contribution in [0.15, 0.2) is 12.2 Å². The standard InChI is InChI=1S/C31H64O7Si3/c1-22(23(32)18-19-27(33)34-11)28-25(38-41(16,17)31(8,9)10)20-24(37-40(14,15)30(5,6)7)26(36-28)21-35-39(12,13)29(2,3)4/h18-19,22-26,28,32H,20-21H2,1-17H3/b19-18+/t22-,23+,24-,25+,26-,28?/m1/s1. The summed E-state index contributed by atoms with van der Waals surface area (Å²) in [7, 11) is -5.08. The predicted molar refractivity (Wildman–Crippen MR) is 177 cm³/mol. The third kappa shape index (κ3) is 10.4. The monoisotopic (exact) mass is 632 g/mol. The van der Waals surface area contributed by atoms with Crippen LogP contribution in [0.2, 0.25) is 54.4 Å². The highest BCUT2D eigenvalue weighted by Crippen LogP contribution is 2.44. The van der Waals surface area contributed by atoms with E-state index in [2.05, 4.69) is 102 Å². The van der Waals surface area contributed by atoms with Gasteiger partial charge in [0.15, 0.2) is 25.0 Å². The average Bonchev–Trinajstić information content (AvgIpc) is 2.78. The fourth-order valence-electron chi connectivity index (χ4n) is 3.97. The van der Waals surface area contributed by atoms with Gasteiger partial charge >= 0.3 is 5.97 Å². The molecule has 1 rings (SSSR count). The van der Waals surface area contributed by atoms with E-state index in [9.17, 15) is 9.90 Å². The molecule has 6 atom stereocenters. The molecule has 1 aliphatic heterocycles. The number of rotatable bonds is 11. The molecule has 1 heterocycles. The van der Waals surface area contributed by atoms with Gasteiger partial charge in [-0.15, -0.1) is 0 Å². The molecule has 0 aromatic carbocycles. The van der Waals surface area contributed by atoms with Gasteiger partial charge in [0.25, 0.3) is 0 Å². The molecule has 7 nitrogen and oxygen atoms in total. The molecule has 242 valence electrons. The summed E-state index contributed by atoms with van der Waals surface area (Å²) in [5.74, 6) is -0.840. The molecule has 41 heavy (non-hydrogen) atoms. The van der Waals surface area contributed by atoms with Crippen molar-refractivity contribution in [1.29, 1.82) is 0 Å². The molecule has 0 aromatic heterocycles. The van der Waals surface area contributed by atoms with Crippen molar-refractivity contribution in [3.8, 4) is 0 Å². The smallest absolute Gasteiger partial charge is 0.330 e. The van der Waals surface area contributed by atoms with E-state index < -0.39 is 43.1 Å². The average molecular weight is 633 g/mol. The highest BCUT2D eigenvalue weighted by Gasteiger charge is 2.51. The zero-order chi connectivity index (χ0) is 32.4. The zero-order valence-corrected chi connectivity index (χ0v) is 32.4. The van der Waals surface area contributed by atoms with E-state index in [-0.39, 0.29) is 39.3 Å². The lowest BCUT2D eigenvalue weighted by Crippen LogP contribution is -2.60. The number of esters is 1. The van der Waals surface area contributed by atoms with Gasteiger partial charge in [0.05, 0.1) is 38.1 Å². The molecule has 0 amide bonds. The summed E-state index contributed by atoms with van der Waals surface area (Å²) in [6, 6.07) is 0. The third-order valence-electron chi connectivity index (χ3n) is 10.2. The van der Waals surface area contributed by atoms with Crippen LogP contribution in [-0.4, -0.2) is 80.3 Å². The summed E-state index contributed by atoms with van der Waals surface area (Å²) >= 11 is 0. The minimum absolute atomic E-state index is 0.00225. The van der Waals surface area contributed by atoms with Crippen molar-refractivity contribution < 1.29 is 32.7 Å². The van der Waals surface area contributed by atoms with Crippen LogP contribution in [0, 0.1) is 5.92 Å². The van der Waals surface area contributed by atoms with Crippen molar-refractivity contribution in [2.45, 2.75) is 161 Å². The van der Waals surface area contributed by atoms with Gasteiger partial charge in [0.2, 0.25) is 0 Å². The van der Waals surface area contributed by atoms with Gasteiger partial charge in [-0.1, -0.05) is 69.2 Å². The normalized spacial score (nSPS) is 25.3. The molecule has 1 fully saturated rings. The lowest BCUT2D eigenvalue weighted by Gasteiger charge is -2.51. The maximum absolute atomic E-state index is 11.8. The van der Waals surface area contributed by atoms with Gasteiger partial charge in [-0.3, -0.25) is 0 Å². The van der Waals surface area contributed by atoms with Crippen LogP contribution in [0.4, 0.5) is 0 Å². The SMILES string of the molecule is COC(=O)/C=C/[C@H](O)[C@@H](C)C1O[C@H](CO[Si](C)(C)C(C)(C)C)[C@H](O[Si](C)(C)C(C)(C)C)C[C@@H]1O[Si](C)(C)C(C)(C)C. The topological polar surface area (TPSA) is 83.5 Å². The van der Waals surface area contributed by atoms with Crippen LogP contribution in [-0.2, 0) is 27.5 Å². The fourth-order valence-corrected chi connectivity index (χ4v) is 7.69. The van der Waals surface area contributed by atoms with Crippen molar-refractivity contribution in [2.24, 2.45) is 5.92 Å².